The molecule has 0 aliphatic carbocycles. The zero-order valence-electron chi connectivity index (χ0n) is 12.5. The molecule has 0 spiro atoms. The third-order valence-electron chi connectivity index (χ3n) is 3.16. The molecule has 0 aliphatic rings. The number of hydrogen-bond donors (Lipinski definition) is 2. The summed E-state index contributed by atoms with van der Waals surface area (Å²) in [4.78, 5) is 33.8. The second-order valence-corrected chi connectivity index (χ2v) is 4.76. The lowest BCUT2D eigenvalue weighted by atomic mass is 9.92. The lowest BCUT2D eigenvalue weighted by molar-refractivity contribution is -0.138. The molecule has 1 rings (SSSR count). The number of carboxylic acid groups (broad SMARTS) is 2. The van der Waals surface area contributed by atoms with E-state index in [1.807, 2.05) is 0 Å². The van der Waals surface area contributed by atoms with Gasteiger partial charge in [-0.15, -0.1) is 0 Å². The molecule has 0 radical (unpaired) electrons. The summed E-state index contributed by atoms with van der Waals surface area (Å²) in [6.45, 7) is 6.82. The molecule has 0 saturated heterocycles. The van der Waals surface area contributed by atoms with Crippen molar-refractivity contribution in [2.24, 2.45) is 0 Å². The van der Waals surface area contributed by atoms with Gasteiger partial charge in [-0.05, 0) is 30.5 Å². The van der Waals surface area contributed by atoms with Crippen LogP contribution in [0.5, 0.6) is 0 Å². The van der Waals surface area contributed by atoms with Crippen LogP contribution in [0.25, 0.3) is 0 Å². The molecule has 0 aromatic heterocycles. The van der Waals surface area contributed by atoms with Crippen LogP contribution >= 0.6 is 0 Å². The Labute approximate surface area is 128 Å². The molecule has 2 N–H and O–H groups in total. The van der Waals surface area contributed by atoms with E-state index in [2.05, 4.69) is 6.58 Å². The van der Waals surface area contributed by atoms with Crippen LogP contribution in [0.4, 0.5) is 0 Å². The van der Waals surface area contributed by atoms with Crippen molar-refractivity contribution >= 4 is 17.9 Å². The van der Waals surface area contributed by atoms with Crippen LogP contribution in [0.3, 0.4) is 0 Å². The van der Waals surface area contributed by atoms with Gasteiger partial charge in [0.25, 0.3) is 0 Å². The van der Waals surface area contributed by atoms with E-state index in [9.17, 15) is 19.5 Å². The highest BCUT2D eigenvalue weighted by molar-refractivity contribution is 6.03. The molecular formula is C16H18O6. The SMILES string of the molecule is C=C(C)C(=O)OCCc1ccc(C(=O)O)c(C(=O)O)c1CC. The van der Waals surface area contributed by atoms with Gasteiger partial charge in [0, 0.05) is 12.0 Å². The van der Waals surface area contributed by atoms with Crippen molar-refractivity contribution in [1.29, 1.82) is 0 Å². The first kappa shape index (κ1) is 17.4. The standard InChI is InChI=1S/C16H18O6/c1-4-11-10(7-8-22-16(21)9(2)3)5-6-12(14(17)18)13(11)15(19)20/h5-6H,2,4,7-8H2,1,3H3,(H,17,18)(H,19,20). The van der Waals surface area contributed by atoms with E-state index in [0.29, 0.717) is 24.0 Å². The van der Waals surface area contributed by atoms with Gasteiger partial charge in [-0.25, -0.2) is 14.4 Å². The van der Waals surface area contributed by atoms with Gasteiger partial charge in [0.1, 0.15) is 0 Å². The van der Waals surface area contributed by atoms with Crippen LogP contribution in [0.1, 0.15) is 45.7 Å². The third kappa shape index (κ3) is 3.94. The molecule has 6 heteroatoms. The fraction of sp³-hybridized carbons (Fsp3) is 0.312. The molecule has 0 atom stereocenters. The largest absolute Gasteiger partial charge is 0.478 e. The second kappa shape index (κ2) is 7.40. The monoisotopic (exact) mass is 306 g/mol. The number of carboxylic acids is 2. The first-order valence-electron chi connectivity index (χ1n) is 6.73. The maximum atomic E-state index is 11.4. The number of ether oxygens (including phenoxy) is 1. The van der Waals surface area contributed by atoms with Gasteiger partial charge in [0.05, 0.1) is 17.7 Å². The molecule has 0 bridgehead atoms. The number of hydrogen-bond acceptors (Lipinski definition) is 4. The van der Waals surface area contributed by atoms with Gasteiger partial charge >= 0.3 is 17.9 Å². The second-order valence-electron chi connectivity index (χ2n) is 4.76. The minimum Gasteiger partial charge on any atom is -0.478 e. The molecule has 6 nitrogen and oxygen atoms in total. The van der Waals surface area contributed by atoms with Gasteiger partial charge in [-0.1, -0.05) is 19.6 Å². The van der Waals surface area contributed by atoms with Gasteiger partial charge in [0.15, 0.2) is 0 Å². The van der Waals surface area contributed by atoms with Crippen LogP contribution in [0.2, 0.25) is 0 Å². The molecule has 22 heavy (non-hydrogen) atoms. The third-order valence-corrected chi connectivity index (χ3v) is 3.16. The molecule has 0 fully saturated rings. The number of aromatic carboxylic acids is 2. The highest BCUT2D eigenvalue weighted by atomic mass is 16.5. The molecule has 118 valence electrons. The summed E-state index contributed by atoms with van der Waals surface area (Å²) in [5.74, 6) is -3.08. The predicted molar refractivity (Wildman–Crippen MR) is 79.2 cm³/mol. The Hall–Kier alpha value is -2.63. The molecule has 1 aromatic rings. The van der Waals surface area contributed by atoms with Crippen LogP contribution in [0, 0.1) is 0 Å². The minimum atomic E-state index is -1.28. The van der Waals surface area contributed by atoms with Crippen molar-refractivity contribution in [3.63, 3.8) is 0 Å². The Morgan fingerprint density at radius 3 is 2.27 bits per heavy atom. The maximum absolute atomic E-state index is 11.4. The van der Waals surface area contributed by atoms with E-state index < -0.39 is 17.9 Å². The van der Waals surface area contributed by atoms with Gasteiger partial charge in [-0.2, -0.15) is 0 Å². The first-order valence-corrected chi connectivity index (χ1v) is 6.73. The lowest BCUT2D eigenvalue weighted by Gasteiger charge is -2.13. The fourth-order valence-corrected chi connectivity index (χ4v) is 2.13. The van der Waals surface area contributed by atoms with Crippen molar-refractivity contribution < 1.29 is 29.3 Å². The summed E-state index contributed by atoms with van der Waals surface area (Å²) < 4.78 is 4.98. The Balaban J connectivity index is 3.09. The summed E-state index contributed by atoms with van der Waals surface area (Å²) in [6, 6.07) is 2.82. The van der Waals surface area contributed by atoms with Gasteiger partial charge in [-0.3, -0.25) is 0 Å². The van der Waals surface area contributed by atoms with Crippen LogP contribution in [-0.2, 0) is 22.4 Å². The molecule has 0 saturated carbocycles. The molecule has 0 aliphatic heterocycles. The maximum Gasteiger partial charge on any atom is 0.336 e. The average molecular weight is 306 g/mol. The van der Waals surface area contributed by atoms with E-state index in [-0.39, 0.29) is 23.3 Å². The van der Waals surface area contributed by atoms with Crippen molar-refractivity contribution in [3.8, 4) is 0 Å². The number of benzene rings is 1. The molecule has 0 heterocycles. The number of carbonyl (C=O) groups excluding carboxylic acids is 1. The molecule has 0 unspecified atom stereocenters. The number of carbonyl (C=O) groups is 3. The highest BCUT2D eigenvalue weighted by Gasteiger charge is 2.21. The van der Waals surface area contributed by atoms with Crippen LogP contribution in [0.15, 0.2) is 24.3 Å². The van der Waals surface area contributed by atoms with Crippen LogP contribution < -0.4 is 0 Å². The van der Waals surface area contributed by atoms with Crippen LogP contribution in [-0.4, -0.2) is 34.7 Å². The summed E-state index contributed by atoms with van der Waals surface area (Å²) in [6.07, 6.45) is 0.675. The summed E-state index contributed by atoms with van der Waals surface area (Å²) in [7, 11) is 0. The predicted octanol–water partition coefficient (Wildman–Crippen LogP) is 2.31. The Kier molecular flexibility index (Phi) is 5.86. The van der Waals surface area contributed by atoms with E-state index in [0.717, 1.165) is 0 Å². The van der Waals surface area contributed by atoms with Gasteiger partial charge < -0.3 is 14.9 Å². The Bertz CT molecular complexity index is 630. The number of esters is 1. The summed E-state index contributed by atoms with van der Waals surface area (Å²) >= 11 is 0. The fourth-order valence-electron chi connectivity index (χ4n) is 2.13. The molecular weight excluding hydrogens is 288 g/mol. The Morgan fingerprint density at radius 2 is 1.82 bits per heavy atom. The number of rotatable bonds is 7. The van der Waals surface area contributed by atoms with E-state index in [4.69, 9.17) is 9.84 Å². The van der Waals surface area contributed by atoms with Crippen molar-refractivity contribution in [1.82, 2.24) is 0 Å². The quantitative estimate of drug-likeness (QED) is 0.592. The minimum absolute atomic E-state index is 0.0736. The zero-order chi connectivity index (χ0) is 16.9. The topological polar surface area (TPSA) is 101 Å². The summed E-state index contributed by atoms with van der Waals surface area (Å²) in [5, 5.41) is 18.4. The first-order chi connectivity index (χ1) is 10.3. The smallest absolute Gasteiger partial charge is 0.336 e. The summed E-state index contributed by atoms with van der Waals surface area (Å²) in [5.41, 5.74) is 0.923. The van der Waals surface area contributed by atoms with E-state index in [1.165, 1.54) is 13.0 Å². The van der Waals surface area contributed by atoms with Crippen molar-refractivity contribution in [2.75, 3.05) is 6.61 Å². The average Bonchev–Trinajstić information content (AvgIpc) is 2.45. The van der Waals surface area contributed by atoms with E-state index >= 15 is 0 Å². The highest BCUT2D eigenvalue weighted by Crippen LogP contribution is 2.21. The Morgan fingerprint density at radius 1 is 1.18 bits per heavy atom. The van der Waals surface area contributed by atoms with Crippen molar-refractivity contribution in [3.05, 3.63) is 46.5 Å². The molecule has 0 amide bonds. The zero-order valence-corrected chi connectivity index (χ0v) is 12.5. The van der Waals surface area contributed by atoms with E-state index in [1.54, 1.807) is 13.0 Å². The normalized spacial score (nSPS) is 10.1. The van der Waals surface area contributed by atoms with Gasteiger partial charge in [0.2, 0.25) is 0 Å². The lowest BCUT2D eigenvalue weighted by Crippen LogP contribution is -2.15. The van der Waals surface area contributed by atoms with Crippen molar-refractivity contribution in [2.45, 2.75) is 26.7 Å². The molecule has 1 aromatic carbocycles.